The quantitative estimate of drug-likeness (QED) is 0.841. The minimum absolute atomic E-state index is 0.0700. The minimum Gasteiger partial charge on any atom is -0.277 e. The number of anilines is 1. The van der Waals surface area contributed by atoms with Crippen LogP contribution in [0, 0.1) is 0 Å². The van der Waals surface area contributed by atoms with Crippen LogP contribution in [0.2, 0.25) is 0 Å². The van der Waals surface area contributed by atoms with Gasteiger partial charge in [0.2, 0.25) is 0 Å². The fourth-order valence-electron chi connectivity index (χ4n) is 2.45. The summed E-state index contributed by atoms with van der Waals surface area (Å²) in [6.07, 6.45) is 0. The predicted molar refractivity (Wildman–Crippen MR) is 92.2 cm³/mol. The molecule has 0 N–H and O–H groups in total. The van der Waals surface area contributed by atoms with E-state index in [4.69, 9.17) is 0 Å². The van der Waals surface area contributed by atoms with Crippen molar-refractivity contribution in [2.45, 2.75) is 5.37 Å². The van der Waals surface area contributed by atoms with Crippen molar-refractivity contribution in [2.24, 2.45) is 4.99 Å². The Morgan fingerprint density at radius 3 is 2.18 bits per heavy atom. The Morgan fingerprint density at radius 1 is 1.00 bits per heavy atom. The molecule has 1 fully saturated rings. The Labute approximate surface area is 134 Å². The van der Waals surface area contributed by atoms with E-state index in [1.54, 1.807) is 30.8 Å². The lowest BCUT2D eigenvalue weighted by atomic mass is 10.2. The van der Waals surface area contributed by atoms with Gasteiger partial charge in [0.05, 0.1) is 0 Å². The number of hydrogen-bond acceptors (Lipinski definition) is 3. The summed E-state index contributed by atoms with van der Waals surface area (Å²) in [4.78, 5) is 20.5. The number of rotatable bonds is 2. The van der Waals surface area contributed by atoms with Gasteiger partial charge in [0.1, 0.15) is 5.37 Å². The van der Waals surface area contributed by atoms with Gasteiger partial charge in [-0.3, -0.25) is 14.8 Å². The van der Waals surface area contributed by atoms with Crippen LogP contribution in [0.25, 0.3) is 0 Å². The van der Waals surface area contributed by atoms with E-state index in [9.17, 15) is 4.79 Å². The molecule has 1 saturated heterocycles. The van der Waals surface area contributed by atoms with Crippen molar-refractivity contribution in [3.8, 4) is 0 Å². The van der Waals surface area contributed by atoms with Crippen LogP contribution >= 0.6 is 11.8 Å². The smallest absolute Gasteiger partial charge is 0.277 e. The van der Waals surface area contributed by atoms with Gasteiger partial charge in [-0.15, -0.1) is 0 Å². The van der Waals surface area contributed by atoms with Crippen LogP contribution < -0.4 is 4.90 Å². The van der Waals surface area contributed by atoms with Gasteiger partial charge >= 0.3 is 6.03 Å². The Hall–Kier alpha value is -2.27. The average molecular weight is 311 g/mol. The van der Waals surface area contributed by atoms with Gasteiger partial charge in [0, 0.05) is 19.8 Å². The summed E-state index contributed by atoms with van der Waals surface area (Å²) in [5, 5.41) is 0.608. The normalized spacial score (nSPS) is 20.5. The molecule has 0 aliphatic carbocycles. The van der Waals surface area contributed by atoms with Crippen LogP contribution in [-0.4, -0.2) is 30.2 Å². The van der Waals surface area contributed by atoms with Crippen LogP contribution in [-0.2, 0) is 0 Å². The number of nitrogens with zero attached hydrogens (tertiary/aromatic N) is 3. The number of hydrogen-bond donors (Lipinski definition) is 0. The molecule has 3 rings (SSSR count). The van der Waals surface area contributed by atoms with Crippen molar-refractivity contribution in [1.82, 2.24) is 4.90 Å². The van der Waals surface area contributed by atoms with Crippen LogP contribution in [0.5, 0.6) is 0 Å². The average Bonchev–Trinajstić information content (AvgIpc) is 2.58. The molecule has 1 aliphatic heterocycles. The third kappa shape index (κ3) is 2.60. The number of carbonyl (C=O) groups is 1. The largest absolute Gasteiger partial charge is 0.331 e. The molecule has 4 nitrogen and oxygen atoms in total. The van der Waals surface area contributed by atoms with Crippen molar-refractivity contribution in [1.29, 1.82) is 0 Å². The van der Waals surface area contributed by atoms with Crippen molar-refractivity contribution in [3.63, 3.8) is 0 Å². The highest BCUT2D eigenvalue weighted by Crippen LogP contribution is 2.41. The minimum atomic E-state index is -0.119. The molecule has 22 heavy (non-hydrogen) atoms. The van der Waals surface area contributed by atoms with Gasteiger partial charge in [0.15, 0.2) is 5.17 Å². The molecule has 1 aliphatic rings. The second-order valence-corrected chi connectivity index (χ2v) is 5.98. The summed E-state index contributed by atoms with van der Waals surface area (Å²) in [6, 6.07) is 19.7. The van der Waals surface area contributed by atoms with E-state index in [1.807, 2.05) is 65.6 Å². The monoisotopic (exact) mass is 311 g/mol. The number of carbonyl (C=O) groups excluding carboxylic acids is 1. The molecule has 0 radical (unpaired) electrons. The lowest BCUT2D eigenvalue weighted by Gasteiger charge is -2.40. The van der Waals surface area contributed by atoms with Gasteiger partial charge in [-0.25, -0.2) is 4.79 Å². The zero-order valence-electron chi connectivity index (χ0n) is 12.5. The summed E-state index contributed by atoms with van der Waals surface area (Å²) < 4.78 is 0. The first-order chi connectivity index (χ1) is 10.7. The number of aliphatic imine (C=N–C) groups is 1. The maximum absolute atomic E-state index is 12.8. The van der Waals surface area contributed by atoms with Crippen LogP contribution in [0.15, 0.2) is 65.7 Å². The Morgan fingerprint density at radius 2 is 1.59 bits per heavy atom. The van der Waals surface area contributed by atoms with E-state index < -0.39 is 0 Å². The van der Waals surface area contributed by atoms with Crippen LogP contribution in [0.3, 0.4) is 0 Å². The predicted octanol–water partition coefficient (Wildman–Crippen LogP) is 3.98. The zero-order valence-corrected chi connectivity index (χ0v) is 13.3. The van der Waals surface area contributed by atoms with Gasteiger partial charge in [-0.1, -0.05) is 60.3 Å². The molecule has 2 amide bonds. The molecule has 0 spiro atoms. The molecule has 1 atom stereocenters. The Balaban J connectivity index is 2.08. The van der Waals surface area contributed by atoms with E-state index in [0.29, 0.717) is 0 Å². The summed E-state index contributed by atoms with van der Waals surface area (Å²) in [7, 11) is 3.47. The third-order valence-corrected chi connectivity index (χ3v) is 4.92. The second kappa shape index (κ2) is 6.23. The maximum atomic E-state index is 12.8. The van der Waals surface area contributed by atoms with Crippen molar-refractivity contribution < 1.29 is 4.79 Å². The third-order valence-electron chi connectivity index (χ3n) is 3.54. The molecule has 112 valence electrons. The molecule has 0 aromatic heterocycles. The van der Waals surface area contributed by atoms with Gasteiger partial charge < -0.3 is 0 Å². The van der Waals surface area contributed by atoms with Crippen molar-refractivity contribution in [3.05, 3.63) is 66.2 Å². The zero-order chi connectivity index (χ0) is 15.5. The summed E-state index contributed by atoms with van der Waals surface area (Å²) >= 11 is 1.58. The molecular weight excluding hydrogens is 294 g/mol. The highest BCUT2D eigenvalue weighted by atomic mass is 32.2. The van der Waals surface area contributed by atoms with Crippen LogP contribution in [0.1, 0.15) is 10.9 Å². The molecule has 0 saturated carbocycles. The van der Waals surface area contributed by atoms with E-state index in [2.05, 4.69) is 4.99 Å². The lowest BCUT2D eigenvalue weighted by molar-refractivity contribution is 0.232. The number of benzene rings is 2. The highest BCUT2D eigenvalue weighted by Gasteiger charge is 2.37. The molecular formula is C17H17N3OS. The molecule has 1 heterocycles. The Bertz CT molecular complexity index is 688. The summed E-state index contributed by atoms with van der Waals surface area (Å²) in [5.41, 5.74) is 1.97. The first-order valence-corrected chi connectivity index (χ1v) is 7.90. The molecule has 1 unspecified atom stereocenters. The van der Waals surface area contributed by atoms with Crippen LogP contribution in [0.4, 0.5) is 10.5 Å². The van der Waals surface area contributed by atoms with Crippen molar-refractivity contribution >= 4 is 28.6 Å². The number of thioether (sulfide) groups is 1. The topological polar surface area (TPSA) is 35.9 Å². The number of amidine groups is 1. The van der Waals surface area contributed by atoms with Gasteiger partial charge in [0.25, 0.3) is 0 Å². The summed E-state index contributed by atoms with van der Waals surface area (Å²) in [5.74, 6) is 0. The maximum Gasteiger partial charge on any atom is 0.331 e. The molecule has 0 bridgehead atoms. The second-order valence-electron chi connectivity index (χ2n) is 4.93. The first kappa shape index (κ1) is 14.7. The Kier molecular flexibility index (Phi) is 4.15. The van der Waals surface area contributed by atoms with Crippen molar-refractivity contribution in [2.75, 3.05) is 19.0 Å². The molecule has 2 aromatic rings. The lowest BCUT2D eigenvalue weighted by Crippen LogP contribution is -2.49. The number of amides is 2. The first-order valence-electron chi connectivity index (χ1n) is 7.02. The number of urea groups is 1. The standard InChI is InChI=1S/C17H17N3OS/c1-18-16-19(2)17(21)20(14-11-7-4-8-12-14)15(22-16)13-9-5-3-6-10-13/h3-12,15H,1-2H3. The SMILES string of the molecule is CN=C1SC(c2ccccc2)N(c2ccccc2)C(=O)N1C. The molecule has 2 aromatic carbocycles. The summed E-state index contributed by atoms with van der Waals surface area (Å²) in [6.45, 7) is 0. The molecule has 5 heteroatoms. The fraction of sp³-hybridized carbons (Fsp3) is 0.176. The van der Waals surface area contributed by atoms with E-state index in [1.165, 1.54) is 0 Å². The number of para-hydroxylation sites is 1. The van der Waals surface area contributed by atoms with E-state index >= 15 is 0 Å². The highest BCUT2D eigenvalue weighted by molar-refractivity contribution is 8.14. The fourth-order valence-corrected chi connectivity index (χ4v) is 3.60. The van der Waals surface area contributed by atoms with Gasteiger partial charge in [-0.2, -0.15) is 0 Å². The van der Waals surface area contributed by atoms with E-state index in [-0.39, 0.29) is 11.4 Å². The van der Waals surface area contributed by atoms with E-state index in [0.717, 1.165) is 16.4 Å². The van der Waals surface area contributed by atoms with Gasteiger partial charge in [-0.05, 0) is 17.7 Å².